The first-order valence-corrected chi connectivity index (χ1v) is 10.7. The Morgan fingerprint density at radius 3 is 2.59 bits per heavy atom. The second-order valence-electron chi connectivity index (χ2n) is 8.53. The van der Waals surface area contributed by atoms with Gasteiger partial charge < -0.3 is 9.42 Å². The van der Waals surface area contributed by atoms with E-state index in [4.69, 9.17) is 4.52 Å². The average Bonchev–Trinajstić information content (AvgIpc) is 2.99. The third-order valence-corrected chi connectivity index (χ3v) is 6.53. The zero-order chi connectivity index (χ0) is 18.6. The maximum Gasteiger partial charge on any atom is 0.290 e. The van der Waals surface area contributed by atoms with Crippen molar-refractivity contribution in [2.24, 2.45) is 11.8 Å². The molecule has 2 fully saturated rings. The van der Waals surface area contributed by atoms with Gasteiger partial charge in [0.2, 0.25) is 0 Å². The lowest BCUT2D eigenvalue weighted by Gasteiger charge is -2.35. The van der Waals surface area contributed by atoms with Crippen LogP contribution in [0.4, 0.5) is 4.39 Å². The number of nitrogens with zero attached hydrogens (tertiary/aromatic N) is 2. The Bertz CT molecular complexity index is 798. The second kappa shape index (κ2) is 8.59. The molecule has 2 heterocycles. The van der Waals surface area contributed by atoms with Gasteiger partial charge >= 0.3 is 0 Å². The molecule has 1 aromatic heterocycles. The first kappa shape index (κ1) is 18.7. The highest BCUT2D eigenvalue weighted by Crippen LogP contribution is 2.27. The molecule has 27 heavy (non-hydrogen) atoms. The largest absolute Gasteiger partial charge is 0.376 e. The second-order valence-corrected chi connectivity index (χ2v) is 8.53. The van der Waals surface area contributed by atoms with Crippen LogP contribution < -0.4 is 5.56 Å². The van der Waals surface area contributed by atoms with Crippen molar-refractivity contribution in [1.29, 1.82) is 0 Å². The van der Waals surface area contributed by atoms with Crippen molar-refractivity contribution >= 4 is 11.0 Å². The molecule has 0 N–H and O–H groups in total. The summed E-state index contributed by atoms with van der Waals surface area (Å²) in [6.07, 6.45) is 11.8. The van der Waals surface area contributed by atoms with Gasteiger partial charge in [-0.3, -0.25) is 4.79 Å². The van der Waals surface area contributed by atoms with E-state index in [1.165, 1.54) is 87.5 Å². The molecule has 0 amide bonds. The third kappa shape index (κ3) is 4.63. The molecule has 5 heteroatoms. The number of aryl methyl sites for hydroxylation is 1. The molecule has 1 aliphatic heterocycles. The van der Waals surface area contributed by atoms with E-state index in [-0.39, 0.29) is 11.4 Å². The number of hydrogen-bond acceptors (Lipinski definition) is 3. The van der Waals surface area contributed by atoms with Crippen LogP contribution in [0, 0.1) is 17.7 Å². The summed E-state index contributed by atoms with van der Waals surface area (Å²) < 4.78 is 20.2. The maximum absolute atomic E-state index is 13.3. The molecule has 0 atom stereocenters. The standard InChI is InChI=1S/C22H31FN2O2/c23-19-8-9-20-21(15-19)27-25(22(20)26)12-4-7-17-10-13-24(14-11-17)16-18-5-2-1-3-6-18/h8-9,15,17-18H,1-7,10-14,16H2. The van der Waals surface area contributed by atoms with Gasteiger partial charge in [0.25, 0.3) is 5.56 Å². The van der Waals surface area contributed by atoms with Gasteiger partial charge in [-0.05, 0) is 75.6 Å². The lowest BCUT2D eigenvalue weighted by Crippen LogP contribution is -2.37. The monoisotopic (exact) mass is 374 g/mol. The number of aromatic nitrogens is 1. The van der Waals surface area contributed by atoms with Gasteiger partial charge in [-0.2, -0.15) is 4.74 Å². The molecule has 2 aromatic rings. The SMILES string of the molecule is O=c1c2ccc(F)cc2on1CCCC1CCN(CC2CCCCC2)CC1. The minimum atomic E-state index is -0.372. The lowest BCUT2D eigenvalue weighted by atomic mass is 9.87. The van der Waals surface area contributed by atoms with E-state index in [0.717, 1.165) is 24.7 Å². The molecule has 0 spiro atoms. The van der Waals surface area contributed by atoms with Crippen molar-refractivity contribution in [2.75, 3.05) is 19.6 Å². The molecule has 1 saturated carbocycles. The molecule has 1 aliphatic carbocycles. The summed E-state index contributed by atoms with van der Waals surface area (Å²) in [6, 6.07) is 4.11. The Hall–Kier alpha value is -1.62. The first-order valence-electron chi connectivity index (χ1n) is 10.7. The van der Waals surface area contributed by atoms with Gasteiger partial charge in [0, 0.05) is 12.6 Å². The van der Waals surface area contributed by atoms with E-state index in [1.807, 2.05) is 0 Å². The summed E-state index contributed by atoms with van der Waals surface area (Å²) in [4.78, 5) is 15.0. The van der Waals surface area contributed by atoms with Crippen molar-refractivity contribution in [3.63, 3.8) is 0 Å². The van der Waals surface area contributed by atoms with Crippen LogP contribution in [0.3, 0.4) is 0 Å². The molecule has 4 nitrogen and oxygen atoms in total. The minimum Gasteiger partial charge on any atom is -0.376 e. The molecule has 0 radical (unpaired) electrons. The highest BCUT2D eigenvalue weighted by Gasteiger charge is 2.22. The number of benzene rings is 1. The number of piperidine rings is 1. The van der Waals surface area contributed by atoms with Crippen LogP contribution in [0.2, 0.25) is 0 Å². The maximum atomic E-state index is 13.3. The van der Waals surface area contributed by atoms with Crippen molar-refractivity contribution < 1.29 is 8.91 Å². The molecule has 4 rings (SSSR count). The van der Waals surface area contributed by atoms with Crippen LogP contribution >= 0.6 is 0 Å². The Labute approximate surface area is 160 Å². The van der Waals surface area contributed by atoms with E-state index < -0.39 is 0 Å². The topological polar surface area (TPSA) is 38.4 Å². The fraction of sp³-hybridized carbons (Fsp3) is 0.682. The lowest BCUT2D eigenvalue weighted by molar-refractivity contribution is 0.139. The fourth-order valence-corrected chi connectivity index (χ4v) is 4.91. The normalized spacial score (nSPS) is 20.5. The number of rotatable bonds is 6. The highest BCUT2D eigenvalue weighted by atomic mass is 19.1. The predicted octanol–water partition coefficient (Wildman–Crippen LogP) is 4.81. The number of halogens is 1. The zero-order valence-electron chi connectivity index (χ0n) is 16.2. The van der Waals surface area contributed by atoms with Crippen molar-refractivity contribution in [3.05, 3.63) is 34.4 Å². The molecule has 0 bridgehead atoms. The number of fused-ring (bicyclic) bond motifs is 1. The molecule has 2 aliphatic rings. The van der Waals surface area contributed by atoms with Gasteiger partial charge in [-0.15, -0.1) is 0 Å². The highest BCUT2D eigenvalue weighted by molar-refractivity contribution is 5.75. The van der Waals surface area contributed by atoms with Gasteiger partial charge in [-0.1, -0.05) is 19.3 Å². The average molecular weight is 375 g/mol. The van der Waals surface area contributed by atoms with Crippen LogP contribution in [0.1, 0.15) is 57.8 Å². The van der Waals surface area contributed by atoms with Gasteiger partial charge in [0.05, 0.1) is 11.9 Å². The van der Waals surface area contributed by atoms with E-state index in [9.17, 15) is 9.18 Å². The predicted molar refractivity (Wildman–Crippen MR) is 105 cm³/mol. The number of likely N-dealkylation sites (tertiary alicyclic amines) is 1. The molecule has 0 unspecified atom stereocenters. The molecule has 1 aromatic carbocycles. The molecular formula is C22H31FN2O2. The molecular weight excluding hydrogens is 343 g/mol. The summed E-state index contributed by atoms with van der Waals surface area (Å²) >= 11 is 0. The van der Waals surface area contributed by atoms with Crippen molar-refractivity contribution in [3.8, 4) is 0 Å². The zero-order valence-corrected chi connectivity index (χ0v) is 16.2. The van der Waals surface area contributed by atoms with Crippen LogP contribution in [-0.4, -0.2) is 29.3 Å². The van der Waals surface area contributed by atoms with Gasteiger partial charge in [0.15, 0.2) is 5.58 Å². The first-order chi connectivity index (χ1) is 13.2. The van der Waals surface area contributed by atoms with Gasteiger partial charge in [0.1, 0.15) is 5.82 Å². The summed E-state index contributed by atoms with van der Waals surface area (Å²) in [5, 5.41) is 0.465. The Morgan fingerprint density at radius 1 is 1.04 bits per heavy atom. The molecule has 1 saturated heterocycles. The summed E-state index contributed by atoms with van der Waals surface area (Å²) in [5.74, 6) is 1.31. The van der Waals surface area contributed by atoms with E-state index in [0.29, 0.717) is 17.5 Å². The smallest absolute Gasteiger partial charge is 0.290 e. The quantitative estimate of drug-likeness (QED) is 0.728. The van der Waals surface area contributed by atoms with E-state index in [1.54, 1.807) is 0 Å². The third-order valence-electron chi connectivity index (χ3n) is 6.53. The Balaban J connectivity index is 1.21. The van der Waals surface area contributed by atoms with Crippen molar-refractivity contribution in [1.82, 2.24) is 9.64 Å². The van der Waals surface area contributed by atoms with Gasteiger partial charge in [-0.25, -0.2) is 4.39 Å². The van der Waals surface area contributed by atoms with E-state index >= 15 is 0 Å². The summed E-state index contributed by atoms with van der Waals surface area (Å²) in [5.41, 5.74) is 0.198. The summed E-state index contributed by atoms with van der Waals surface area (Å²) in [7, 11) is 0. The van der Waals surface area contributed by atoms with Crippen LogP contribution in [0.15, 0.2) is 27.5 Å². The van der Waals surface area contributed by atoms with Crippen LogP contribution in [0.5, 0.6) is 0 Å². The minimum absolute atomic E-state index is 0.146. The fourth-order valence-electron chi connectivity index (χ4n) is 4.91. The summed E-state index contributed by atoms with van der Waals surface area (Å²) in [6.45, 7) is 4.34. The Morgan fingerprint density at radius 2 is 1.81 bits per heavy atom. The number of hydrogen-bond donors (Lipinski definition) is 0. The van der Waals surface area contributed by atoms with Crippen molar-refractivity contribution in [2.45, 2.75) is 64.3 Å². The van der Waals surface area contributed by atoms with Crippen LogP contribution in [-0.2, 0) is 6.54 Å². The molecule has 148 valence electrons. The van der Waals surface area contributed by atoms with E-state index in [2.05, 4.69) is 4.90 Å². The Kier molecular flexibility index (Phi) is 5.96. The van der Waals surface area contributed by atoms with Crippen LogP contribution in [0.25, 0.3) is 11.0 Å².